The molecule has 6 nitrogen and oxygen atoms in total. The number of carbonyl (C=O) groups excluding carboxylic acids is 2. The van der Waals surface area contributed by atoms with Gasteiger partial charge in [-0.25, -0.2) is 0 Å². The molecule has 0 saturated heterocycles. The first kappa shape index (κ1) is 71.6. The van der Waals surface area contributed by atoms with Gasteiger partial charge in [-0.05, 0) is 32.1 Å². The molecule has 0 spiro atoms. The number of nitrogens with one attached hydrogen (secondary N) is 1. The molecule has 0 rings (SSSR count). The molecule has 0 aliphatic carbocycles. The van der Waals surface area contributed by atoms with Gasteiger partial charge in [0.2, 0.25) is 5.91 Å². The molecule has 0 bridgehead atoms. The van der Waals surface area contributed by atoms with Gasteiger partial charge >= 0.3 is 5.97 Å². The molecule has 6 heteroatoms. The summed E-state index contributed by atoms with van der Waals surface area (Å²) in [6, 6.07) is -0.629. The molecule has 0 heterocycles. The van der Waals surface area contributed by atoms with Crippen LogP contribution in [0, 0.1) is 0 Å². The second kappa shape index (κ2) is 63.1. The zero-order valence-electron chi connectivity index (χ0n) is 49.6. The van der Waals surface area contributed by atoms with E-state index in [0.717, 1.165) is 38.5 Å². The van der Waals surface area contributed by atoms with Gasteiger partial charge in [0.05, 0.1) is 25.4 Å². The monoisotopic (exact) mass is 1030 g/mol. The number of amides is 1. The first-order valence-electron chi connectivity index (χ1n) is 33.5. The molecule has 434 valence electrons. The molecule has 0 aromatic rings. The Kier molecular flexibility index (Phi) is 61.9. The van der Waals surface area contributed by atoms with Crippen LogP contribution in [0.2, 0.25) is 0 Å². The summed E-state index contributed by atoms with van der Waals surface area (Å²) >= 11 is 0. The van der Waals surface area contributed by atoms with E-state index >= 15 is 0 Å². The molecular weight excluding hydrogens is 899 g/mol. The molecule has 3 N–H and O–H groups in total. The lowest BCUT2D eigenvalue weighted by Crippen LogP contribution is -2.45. The van der Waals surface area contributed by atoms with Crippen molar-refractivity contribution in [1.29, 1.82) is 0 Å². The smallest absolute Gasteiger partial charge is 0.305 e. The van der Waals surface area contributed by atoms with Gasteiger partial charge in [0.15, 0.2) is 0 Å². The Morgan fingerprint density at radius 3 is 0.932 bits per heavy atom. The maximum absolute atomic E-state index is 12.5. The third-order valence-electron chi connectivity index (χ3n) is 15.8. The van der Waals surface area contributed by atoms with Crippen molar-refractivity contribution >= 4 is 11.9 Å². The van der Waals surface area contributed by atoms with Gasteiger partial charge < -0.3 is 20.3 Å². The summed E-state index contributed by atoms with van der Waals surface area (Å²) < 4.78 is 5.51. The van der Waals surface area contributed by atoms with Crippen LogP contribution in [0.4, 0.5) is 0 Å². The van der Waals surface area contributed by atoms with Crippen LogP contribution in [-0.4, -0.2) is 47.4 Å². The average Bonchev–Trinajstić information content (AvgIpc) is 3.39. The van der Waals surface area contributed by atoms with Crippen molar-refractivity contribution in [3.05, 3.63) is 12.2 Å². The molecule has 2 unspecified atom stereocenters. The number of carbonyl (C=O) groups is 2. The van der Waals surface area contributed by atoms with Crippen LogP contribution in [0.1, 0.15) is 380 Å². The van der Waals surface area contributed by atoms with E-state index in [0.29, 0.717) is 19.4 Å². The van der Waals surface area contributed by atoms with Gasteiger partial charge in [-0.15, -0.1) is 0 Å². The number of allylic oxidation sites excluding steroid dienone is 1. The second-order valence-corrected chi connectivity index (χ2v) is 23.2. The summed E-state index contributed by atoms with van der Waals surface area (Å²) in [6.07, 6.45) is 76.9. The molecule has 73 heavy (non-hydrogen) atoms. The van der Waals surface area contributed by atoms with Crippen molar-refractivity contribution in [3.8, 4) is 0 Å². The van der Waals surface area contributed by atoms with E-state index < -0.39 is 12.1 Å². The quantitative estimate of drug-likeness (QED) is 0.0320. The van der Waals surface area contributed by atoms with Crippen molar-refractivity contribution in [2.75, 3.05) is 13.2 Å². The largest absolute Gasteiger partial charge is 0.466 e. The van der Waals surface area contributed by atoms with Gasteiger partial charge in [0.25, 0.3) is 0 Å². The molecule has 0 aliphatic heterocycles. The first-order chi connectivity index (χ1) is 36.0. The van der Waals surface area contributed by atoms with Crippen LogP contribution < -0.4 is 5.32 Å². The fraction of sp³-hybridized carbons (Fsp3) is 0.940. The zero-order chi connectivity index (χ0) is 52.9. The van der Waals surface area contributed by atoms with Gasteiger partial charge in [0.1, 0.15) is 0 Å². The summed E-state index contributed by atoms with van der Waals surface area (Å²) in [6.45, 7) is 4.94. The van der Waals surface area contributed by atoms with E-state index in [2.05, 4.69) is 19.2 Å². The summed E-state index contributed by atoms with van der Waals surface area (Å²) in [4.78, 5) is 24.6. The summed E-state index contributed by atoms with van der Waals surface area (Å²) in [7, 11) is 0. The van der Waals surface area contributed by atoms with Gasteiger partial charge in [-0.2, -0.15) is 0 Å². The van der Waals surface area contributed by atoms with Crippen LogP contribution in [0.3, 0.4) is 0 Å². The Labute approximate surface area is 457 Å². The van der Waals surface area contributed by atoms with Gasteiger partial charge in [0, 0.05) is 12.8 Å². The predicted octanol–water partition coefficient (Wildman–Crippen LogP) is 21.2. The van der Waals surface area contributed by atoms with Gasteiger partial charge in [-0.3, -0.25) is 9.59 Å². The topological polar surface area (TPSA) is 95.9 Å². The Bertz CT molecular complexity index is 1100. The fourth-order valence-electron chi connectivity index (χ4n) is 10.7. The highest BCUT2D eigenvalue weighted by atomic mass is 16.5. The Morgan fingerprint density at radius 1 is 0.370 bits per heavy atom. The molecular formula is C67H131NO5. The highest BCUT2D eigenvalue weighted by Crippen LogP contribution is 2.19. The summed E-state index contributed by atoms with van der Waals surface area (Å²) in [5.41, 5.74) is 0. The van der Waals surface area contributed by atoms with Crippen molar-refractivity contribution in [1.82, 2.24) is 5.32 Å². The molecule has 0 aliphatic rings. The molecule has 1 amide bonds. The molecule has 0 aromatic carbocycles. The summed E-state index contributed by atoms with van der Waals surface area (Å²) in [5, 5.41) is 23.2. The fourth-order valence-corrected chi connectivity index (χ4v) is 10.7. The maximum Gasteiger partial charge on any atom is 0.305 e. The number of aliphatic hydroxyl groups is 2. The molecule has 0 saturated carbocycles. The lowest BCUT2D eigenvalue weighted by Gasteiger charge is -2.20. The lowest BCUT2D eigenvalue weighted by molar-refractivity contribution is -0.143. The van der Waals surface area contributed by atoms with Crippen LogP contribution in [0.15, 0.2) is 12.2 Å². The average molecular weight is 1030 g/mol. The number of ether oxygens (including phenoxy) is 1. The number of hydrogen-bond donors (Lipinski definition) is 3. The van der Waals surface area contributed by atoms with Crippen molar-refractivity contribution in [3.63, 3.8) is 0 Å². The van der Waals surface area contributed by atoms with E-state index in [9.17, 15) is 19.8 Å². The summed E-state index contributed by atoms with van der Waals surface area (Å²) in [5.74, 6) is -0.0508. The van der Waals surface area contributed by atoms with Crippen molar-refractivity contribution in [2.45, 2.75) is 392 Å². The normalized spacial score (nSPS) is 12.5. The van der Waals surface area contributed by atoms with Crippen LogP contribution in [0.25, 0.3) is 0 Å². The van der Waals surface area contributed by atoms with E-state index in [1.165, 1.54) is 315 Å². The highest BCUT2D eigenvalue weighted by molar-refractivity contribution is 5.76. The van der Waals surface area contributed by atoms with Crippen LogP contribution in [-0.2, 0) is 14.3 Å². The number of rotatable bonds is 63. The highest BCUT2D eigenvalue weighted by Gasteiger charge is 2.18. The Balaban J connectivity index is 3.39. The van der Waals surface area contributed by atoms with E-state index in [4.69, 9.17) is 4.74 Å². The Morgan fingerprint density at radius 2 is 0.630 bits per heavy atom. The predicted molar refractivity (Wildman–Crippen MR) is 320 cm³/mol. The third-order valence-corrected chi connectivity index (χ3v) is 15.8. The number of aliphatic hydroxyl groups excluding tert-OH is 2. The minimum absolute atomic E-state index is 0.0153. The van der Waals surface area contributed by atoms with Gasteiger partial charge in [-0.1, -0.05) is 347 Å². The molecule has 0 radical (unpaired) electrons. The van der Waals surface area contributed by atoms with E-state index in [1.54, 1.807) is 6.08 Å². The molecule has 0 aromatic heterocycles. The lowest BCUT2D eigenvalue weighted by atomic mass is 10.0. The second-order valence-electron chi connectivity index (χ2n) is 23.2. The molecule has 2 atom stereocenters. The minimum atomic E-state index is -0.845. The molecule has 0 fully saturated rings. The Hall–Kier alpha value is -1.40. The van der Waals surface area contributed by atoms with E-state index in [-0.39, 0.29) is 18.5 Å². The van der Waals surface area contributed by atoms with E-state index in [1.807, 2.05) is 6.08 Å². The van der Waals surface area contributed by atoms with Crippen molar-refractivity contribution in [2.24, 2.45) is 0 Å². The number of esters is 1. The maximum atomic E-state index is 12.5. The zero-order valence-corrected chi connectivity index (χ0v) is 49.6. The first-order valence-corrected chi connectivity index (χ1v) is 33.5. The third kappa shape index (κ3) is 59.7. The van der Waals surface area contributed by atoms with Crippen LogP contribution >= 0.6 is 0 Å². The number of unbranched alkanes of at least 4 members (excludes halogenated alkanes) is 52. The standard InChI is InChI=1S/C67H131NO5/c1-3-5-7-9-11-13-15-17-19-21-27-31-35-39-43-47-51-55-59-65(70)64(63-69)68-66(71)60-56-52-48-44-40-36-32-28-25-23-24-26-30-34-38-42-46-50-54-58-62-73-67(72)61-57-53-49-45-41-37-33-29-22-20-18-16-14-12-10-8-6-4-2/h55,59,64-65,69-70H,3-54,56-58,60-63H2,1-2H3,(H,68,71)/b59-55+. The van der Waals surface area contributed by atoms with Crippen molar-refractivity contribution < 1.29 is 24.5 Å². The number of hydrogen-bond acceptors (Lipinski definition) is 5. The minimum Gasteiger partial charge on any atom is -0.466 e. The van der Waals surface area contributed by atoms with Crippen LogP contribution in [0.5, 0.6) is 0 Å². The SMILES string of the molecule is CCCCCCCCCCCCCCCCCC/C=C/C(O)C(CO)NC(=O)CCCCCCCCCCCCCCCCCCCCCCOC(=O)CCCCCCCCCCCCCCCCCCCC.